The molecule has 0 aromatic heterocycles. The summed E-state index contributed by atoms with van der Waals surface area (Å²) in [6.07, 6.45) is 2.10. The average Bonchev–Trinajstić information content (AvgIpc) is 2.47. The van der Waals surface area contributed by atoms with Crippen LogP contribution in [0.2, 0.25) is 0 Å². The third-order valence-electron chi connectivity index (χ3n) is 4.07. The molecule has 0 saturated carbocycles. The molecule has 1 atom stereocenters. The number of halogens is 1. The third-order valence-corrected chi connectivity index (χ3v) is 4.69. The van der Waals surface area contributed by atoms with Gasteiger partial charge < -0.3 is 9.47 Å². The van der Waals surface area contributed by atoms with Crippen molar-refractivity contribution in [2.75, 3.05) is 33.9 Å². The van der Waals surface area contributed by atoms with Crippen molar-refractivity contribution in [3.63, 3.8) is 0 Å². The van der Waals surface area contributed by atoms with Crippen molar-refractivity contribution >= 4 is 21.7 Å². The summed E-state index contributed by atoms with van der Waals surface area (Å²) in [5.41, 5.74) is 0.561. The van der Waals surface area contributed by atoms with E-state index in [0.29, 0.717) is 12.1 Å². The standard InChI is InChI=1S/C16H22BrNO3/c1-16(21-3)7-4-8-18(11-16)10-14(19)12-5-6-15(20-2)13(17)9-12/h5-6,9H,4,7-8,10-11H2,1-3H3. The van der Waals surface area contributed by atoms with E-state index in [-0.39, 0.29) is 11.4 Å². The third kappa shape index (κ3) is 4.05. The summed E-state index contributed by atoms with van der Waals surface area (Å²) in [6, 6.07) is 5.44. The van der Waals surface area contributed by atoms with Gasteiger partial charge in [0.25, 0.3) is 0 Å². The maximum atomic E-state index is 12.4. The first kappa shape index (κ1) is 16.5. The van der Waals surface area contributed by atoms with Crippen LogP contribution in [0.3, 0.4) is 0 Å². The second-order valence-corrected chi connectivity index (χ2v) is 6.60. The molecule has 1 aliphatic heterocycles. The lowest BCUT2D eigenvalue weighted by Crippen LogP contribution is -2.48. The van der Waals surface area contributed by atoms with Crippen LogP contribution in [0.15, 0.2) is 22.7 Å². The molecule has 1 unspecified atom stereocenters. The molecule has 1 fully saturated rings. The Morgan fingerprint density at radius 3 is 2.81 bits per heavy atom. The fourth-order valence-electron chi connectivity index (χ4n) is 2.74. The second kappa shape index (κ2) is 6.90. The first-order valence-corrected chi connectivity index (χ1v) is 7.91. The smallest absolute Gasteiger partial charge is 0.176 e. The van der Waals surface area contributed by atoms with Gasteiger partial charge in [0, 0.05) is 19.2 Å². The van der Waals surface area contributed by atoms with E-state index < -0.39 is 0 Å². The summed E-state index contributed by atoms with van der Waals surface area (Å²) in [5.74, 6) is 0.857. The van der Waals surface area contributed by atoms with Gasteiger partial charge in [0.2, 0.25) is 0 Å². The highest BCUT2D eigenvalue weighted by Gasteiger charge is 2.31. The number of nitrogens with zero attached hydrogens (tertiary/aromatic N) is 1. The van der Waals surface area contributed by atoms with E-state index in [2.05, 4.69) is 27.8 Å². The number of carbonyl (C=O) groups is 1. The molecule has 1 aromatic rings. The summed E-state index contributed by atoms with van der Waals surface area (Å²) >= 11 is 3.42. The summed E-state index contributed by atoms with van der Waals surface area (Å²) in [7, 11) is 3.35. The maximum Gasteiger partial charge on any atom is 0.176 e. The minimum absolute atomic E-state index is 0.124. The molecular weight excluding hydrogens is 334 g/mol. The Morgan fingerprint density at radius 1 is 1.43 bits per heavy atom. The predicted molar refractivity (Wildman–Crippen MR) is 86.1 cm³/mol. The van der Waals surface area contributed by atoms with Crippen LogP contribution in [-0.2, 0) is 4.74 Å². The molecule has 116 valence electrons. The minimum atomic E-state index is -0.140. The SMILES string of the molecule is COc1ccc(C(=O)CN2CCCC(C)(OC)C2)cc1Br. The summed E-state index contributed by atoms with van der Waals surface area (Å²) in [6.45, 7) is 4.28. The van der Waals surface area contributed by atoms with Gasteiger partial charge in [-0.2, -0.15) is 0 Å². The van der Waals surface area contributed by atoms with Gasteiger partial charge in [-0.1, -0.05) is 0 Å². The van der Waals surface area contributed by atoms with Crippen molar-refractivity contribution < 1.29 is 14.3 Å². The predicted octanol–water partition coefficient (Wildman–Crippen LogP) is 3.14. The summed E-state index contributed by atoms with van der Waals surface area (Å²) < 4.78 is 11.6. The molecule has 0 N–H and O–H groups in total. The van der Waals surface area contributed by atoms with E-state index in [0.717, 1.165) is 36.2 Å². The van der Waals surface area contributed by atoms with Gasteiger partial charge in [0.15, 0.2) is 5.78 Å². The van der Waals surface area contributed by atoms with Gasteiger partial charge >= 0.3 is 0 Å². The fraction of sp³-hybridized carbons (Fsp3) is 0.562. The molecule has 1 aromatic carbocycles. The molecule has 1 heterocycles. The molecule has 2 rings (SSSR count). The van der Waals surface area contributed by atoms with E-state index in [1.165, 1.54) is 0 Å². The van der Waals surface area contributed by atoms with Crippen molar-refractivity contribution in [2.24, 2.45) is 0 Å². The zero-order chi connectivity index (χ0) is 15.5. The molecule has 0 radical (unpaired) electrons. The Hall–Kier alpha value is -0.910. The van der Waals surface area contributed by atoms with E-state index in [1.807, 2.05) is 18.2 Å². The molecule has 0 amide bonds. The normalized spacial score (nSPS) is 23.0. The van der Waals surface area contributed by atoms with Crippen LogP contribution < -0.4 is 4.74 Å². The number of hydrogen-bond donors (Lipinski definition) is 0. The first-order chi connectivity index (χ1) is 9.97. The molecule has 0 spiro atoms. The van der Waals surface area contributed by atoms with Crippen LogP contribution in [0.25, 0.3) is 0 Å². The van der Waals surface area contributed by atoms with Gasteiger partial charge in [-0.05, 0) is 60.4 Å². The van der Waals surface area contributed by atoms with Crippen molar-refractivity contribution in [1.29, 1.82) is 0 Å². The molecule has 1 aliphatic rings. The number of rotatable bonds is 5. The molecule has 1 saturated heterocycles. The molecule has 0 bridgehead atoms. The zero-order valence-electron chi connectivity index (χ0n) is 12.8. The number of methoxy groups -OCH3 is 2. The monoisotopic (exact) mass is 355 g/mol. The fourth-order valence-corrected chi connectivity index (χ4v) is 3.28. The van der Waals surface area contributed by atoms with E-state index >= 15 is 0 Å². The van der Waals surface area contributed by atoms with Gasteiger partial charge in [0.1, 0.15) is 5.75 Å². The highest BCUT2D eigenvalue weighted by Crippen LogP contribution is 2.27. The molecule has 4 nitrogen and oxygen atoms in total. The number of carbonyl (C=O) groups excluding carboxylic acids is 1. The van der Waals surface area contributed by atoms with Crippen LogP contribution in [-0.4, -0.2) is 50.1 Å². The quantitative estimate of drug-likeness (QED) is 0.760. The van der Waals surface area contributed by atoms with Crippen molar-refractivity contribution in [2.45, 2.75) is 25.4 Å². The number of likely N-dealkylation sites (tertiary alicyclic amines) is 1. The van der Waals surface area contributed by atoms with Crippen LogP contribution >= 0.6 is 15.9 Å². The van der Waals surface area contributed by atoms with E-state index in [9.17, 15) is 4.79 Å². The van der Waals surface area contributed by atoms with Crippen molar-refractivity contribution in [3.8, 4) is 5.75 Å². The van der Waals surface area contributed by atoms with Gasteiger partial charge in [-0.15, -0.1) is 0 Å². The van der Waals surface area contributed by atoms with Crippen LogP contribution in [0.1, 0.15) is 30.1 Å². The average molecular weight is 356 g/mol. The van der Waals surface area contributed by atoms with E-state index in [1.54, 1.807) is 14.2 Å². The number of Topliss-reactive ketones (excluding diaryl/α,β-unsaturated/α-hetero) is 1. The van der Waals surface area contributed by atoms with Crippen molar-refractivity contribution in [1.82, 2.24) is 4.90 Å². The number of piperidine rings is 1. The van der Waals surface area contributed by atoms with Crippen LogP contribution in [0.5, 0.6) is 5.75 Å². The Kier molecular flexibility index (Phi) is 5.41. The van der Waals surface area contributed by atoms with E-state index in [4.69, 9.17) is 9.47 Å². The number of ketones is 1. The number of ether oxygens (including phenoxy) is 2. The maximum absolute atomic E-state index is 12.4. The number of hydrogen-bond acceptors (Lipinski definition) is 4. The summed E-state index contributed by atoms with van der Waals surface area (Å²) in [5, 5.41) is 0. The Balaban J connectivity index is 2.02. The van der Waals surface area contributed by atoms with Gasteiger partial charge in [-0.25, -0.2) is 0 Å². The molecule has 21 heavy (non-hydrogen) atoms. The van der Waals surface area contributed by atoms with Crippen molar-refractivity contribution in [3.05, 3.63) is 28.2 Å². The Labute approximate surface area is 134 Å². The Morgan fingerprint density at radius 2 is 2.19 bits per heavy atom. The molecular formula is C16H22BrNO3. The molecule has 5 heteroatoms. The van der Waals surface area contributed by atoms with Gasteiger partial charge in [0.05, 0.1) is 23.7 Å². The second-order valence-electron chi connectivity index (χ2n) is 5.74. The van der Waals surface area contributed by atoms with Crippen LogP contribution in [0.4, 0.5) is 0 Å². The van der Waals surface area contributed by atoms with Crippen LogP contribution in [0, 0.1) is 0 Å². The molecule has 0 aliphatic carbocycles. The Bertz CT molecular complexity index is 520. The topological polar surface area (TPSA) is 38.8 Å². The lowest BCUT2D eigenvalue weighted by Gasteiger charge is -2.39. The highest BCUT2D eigenvalue weighted by atomic mass is 79.9. The minimum Gasteiger partial charge on any atom is -0.496 e. The zero-order valence-corrected chi connectivity index (χ0v) is 14.4. The summed E-state index contributed by atoms with van der Waals surface area (Å²) in [4.78, 5) is 14.6. The lowest BCUT2D eigenvalue weighted by molar-refractivity contribution is -0.0485. The lowest BCUT2D eigenvalue weighted by atomic mass is 9.94. The first-order valence-electron chi connectivity index (χ1n) is 7.12. The highest BCUT2D eigenvalue weighted by molar-refractivity contribution is 9.10. The number of benzene rings is 1. The largest absolute Gasteiger partial charge is 0.496 e. The van der Waals surface area contributed by atoms with Gasteiger partial charge in [-0.3, -0.25) is 9.69 Å².